The molecule has 5 nitrogen and oxygen atoms in total. The van der Waals surface area contributed by atoms with Crippen molar-refractivity contribution in [3.05, 3.63) is 59.9 Å². The molecule has 1 aromatic heterocycles. The Hall–Kier alpha value is -3.05. The summed E-state index contributed by atoms with van der Waals surface area (Å²) in [5.41, 5.74) is 5.75. The summed E-state index contributed by atoms with van der Waals surface area (Å²) < 4.78 is 16.8. The number of allylic oxidation sites excluding steroid dienone is 1. The number of benzene rings is 2. The van der Waals surface area contributed by atoms with Crippen LogP contribution in [0.1, 0.15) is 31.9 Å². The Labute approximate surface area is 177 Å². The van der Waals surface area contributed by atoms with E-state index in [4.69, 9.17) is 13.9 Å². The van der Waals surface area contributed by atoms with Crippen molar-refractivity contribution >= 4 is 22.4 Å². The van der Waals surface area contributed by atoms with Crippen LogP contribution in [0.15, 0.2) is 53.2 Å². The van der Waals surface area contributed by atoms with E-state index in [0.29, 0.717) is 19.0 Å². The van der Waals surface area contributed by atoms with Gasteiger partial charge < -0.3 is 19.2 Å². The number of methoxy groups -OCH3 is 1. The fourth-order valence-corrected chi connectivity index (χ4v) is 3.45. The van der Waals surface area contributed by atoms with Crippen LogP contribution in [0.3, 0.4) is 0 Å². The molecule has 158 valence electrons. The maximum Gasteiger partial charge on any atom is 0.244 e. The molecule has 0 spiro atoms. The number of fused-ring (bicyclic) bond motifs is 1. The Balaban J connectivity index is 2.02. The van der Waals surface area contributed by atoms with Gasteiger partial charge in [-0.25, -0.2) is 0 Å². The summed E-state index contributed by atoms with van der Waals surface area (Å²) >= 11 is 0. The fourth-order valence-electron chi connectivity index (χ4n) is 3.45. The number of hydrogen-bond donors (Lipinski definition) is 1. The summed E-state index contributed by atoms with van der Waals surface area (Å²) in [6.07, 6.45) is 3.37. The molecule has 0 bridgehead atoms. The van der Waals surface area contributed by atoms with E-state index in [9.17, 15) is 4.79 Å². The van der Waals surface area contributed by atoms with E-state index < -0.39 is 0 Å². The van der Waals surface area contributed by atoms with Crippen LogP contribution in [0.25, 0.3) is 27.7 Å². The molecule has 1 atom stereocenters. The number of ether oxygens (including phenoxy) is 2. The zero-order valence-corrected chi connectivity index (χ0v) is 18.2. The molecule has 5 heteroatoms. The monoisotopic (exact) mass is 407 g/mol. The minimum atomic E-state index is -0.162. The van der Waals surface area contributed by atoms with Gasteiger partial charge >= 0.3 is 0 Å². The van der Waals surface area contributed by atoms with Crippen molar-refractivity contribution < 1.29 is 18.7 Å². The van der Waals surface area contributed by atoms with Gasteiger partial charge in [-0.15, -0.1) is 0 Å². The molecule has 0 aliphatic heterocycles. The topological polar surface area (TPSA) is 60.7 Å². The number of aryl methyl sites for hydroxylation is 1. The van der Waals surface area contributed by atoms with E-state index >= 15 is 0 Å². The highest BCUT2D eigenvalue weighted by atomic mass is 16.5. The van der Waals surface area contributed by atoms with Crippen LogP contribution in [0.4, 0.5) is 0 Å². The van der Waals surface area contributed by atoms with E-state index in [-0.39, 0.29) is 11.9 Å². The van der Waals surface area contributed by atoms with Crippen molar-refractivity contribution in [2.24, 2.45) is 0 Å². The lowest BCUT2D eigenvalue weighted by Crippen LogP contribution is -2.34. The van der Waals surface area contributed by atoms with Crippen LogP contribution in [0.2, 0.25) is 0 Å². The molecule has 3 aromatic rings. The second-order valence-corrected chi connectivity index (χ2v) is 7.49. The van der Waals surface area contributed by atoms with Gasteiger partial charge in [0, 0.05) is 41.8 Å². The molecule has 0 saturated carbocycles. The molecule has 1 amide bonds. The van der Waals surface area contributed by atoms with Crippen LogP contribution in [-0.2, 0) is 9.53 Å². The molecule has 0 radical (unpaired) electrons. The SMILES string of the molecule is CCOc1cc2occ(-c3ccc(C)cc3)c2cc1/C(C)=C/C(=O)NC(C)COC. The maximum absolute atomic E-state index is 12.4. The van der Waals surface area contributed by atoms with Crippen LogP contribution in [0, 0.1) is 6.92 Å². The molecule has 0 saturated heterocycles. The zero-order chi connectivity index (χ0) is 21.7. The minimum absolute atomic E-state index is 0.0672. The number of furan rings is 1. The number of carbonyl (C=O) groups is 1. The van der Waals surface area contributed by atoms with Crippen molar-refractivity contribution in [1.29, 1.82) is 0 Å². The number of hydrogen-bond acceptors (Lipinski definition) is 4. The third kappa shape index (κ3) is 4.92. The highest BCUT2D eigenvalue weighted by Gasteiger charge is 2.15. The summed E-state index contributed by atoms with van der Waals surface area (Å²) in [4.78, 5) is 12.4. The molecule has 1 heterocycles. The maximum atomic E-state index is 12.4. The van der Waals surface area contributed by atoms with Crippen LogP contribution >= 0.6 is 0 Å². The van der Waals surface area contributed by atoms with Gasteiger partial charge in [-0.1, -0.05) is 29.8 Å². The van der Waals surface area contributed by atoms with E-state index in [1.807, 2.05) is 32.9 Å². The summed E-state index contributed by atoms with van der Waals surface area (Å²) in [6.45, 7) is 8.80. The summed E-state index contributed by atoms with van der Waals surface area (Å²) in [7, 11) is 1.61. The van der Waals surface area contributed by atoms with Gasteiger partial charge in [-0.3, -0.25) is 4.79 Å². The number of nitrogens with one attached hydrogen (secondary N) is 1. The van der Waals surface area contributed by atoms with Gasteiger partial charge in [0.25, 0.3) is 0 Å². The van der Waals surface area contributed by atoms with Crippen LogP contribution < -0.4 is 10.1 Å². The van der Waals surface area contributed by atoms with E-state index in [1.165, 1.54) is 5.56 Å². The molecule has 30 heavy (non-hydrogen) atoms. The summed E-state index contributed by atoms with van der Waals surface area (Å²) in [5.74, 6) is 0.534. The summed E-state index contributed by atoms with van der Waals surface area (Å²) in [5, 5.41) is 3.89. The predicted octanol–water partition coefficient (Wildman–Crippen LogP) is 5.36. The molecule has 2 aromatic carbocycles. The smallest absolute Gasteiger partial charge is 0.244 e. The van der Waals surface area contributed by atoms with Gasteiger partial charge in [0.2, 0.25) is 5.91 Å². The average Bonchev–Trinajstić information content (AvgIpc) is 3.11. The van der Waals surface area contributed by atoms with Crippen molar-refractivity contribution in [1.82, 2.24) is 5.32 Å². The van der Waals surface area contributed by atoms with Crippen LogP contribution in [-0.4, -0.2) is 32.3 Å². The molecule has 1 N–H and O–H groups in total. The van der Waals surface area contributed by atoms with Gasteiger partial charge in [-0.2, -0.15) is 0 Å². The first-order valence-electron chi connectivity index (χ1n) is 10.2. The molecular formula is C25H29NO4. The number of amides is 1. The largest absolute Gasteiger partial charge is 0.493 e. The second kappa shape index (κ2) is 9.63. The first-order chi connectivity index (χ1) is 14.4. The molecule has 0 fully saturated rings. The van der Waals surface area contributed by atoms with Crippen molar-refractivity contribution in [2.75, 3.05) is 20.3 Å². The first kappa shape index (κ1) is 21.7. The van der Waals surface area contributed by atoms with Crippen LogP contribution in [0.5, 0.6) is 5.75 Å². The lowest BCUT2D eigenvalue weighted by molar-refractivity contribution is -0.117. The first-order valence-corrected chi connectivity index (χ1v) is 10.2. The minimum Gasteiger partial charge on any atom is -0.493 e. The van der Waals surface area contributed by atoms with Gasteiger partial charge in [0.05, 0.1) is 19.5 Å². The Morgan fingerprint density at radius 1 is 1.23 bits per heavy atom. The standard InChI is InChI=1S/C25H29NO4/c1-6-29-23-13-24-21(22(15-30-24)19-9-7-16(2)8-10-19)12-20(23)17(3)11-25(27)26-18(4)14-28-5/h7-13,15,18H,6,14H2,1-5H3,(H,26,27)/b17-11+. The van der Waals surface area contributed by atoms with Gasteiger partial charge in [-0.05, 0) is 44.9 Å². The van der Waals surface area contributed by atoms with E-state index in [1.54, 1.807) is 19.4 Å². The predicted molar refractivity (Wildman–Crippen MR) is 121 cm³/mol. The van der Waals surface area contributed by atoms with Gasteiger partial charge in [0.15, 0.2) is 0 Å². The van der Waals surface area contributed by atoms with Crippen molar-refractivity contribution in [3.8, 4) is 16.9 Å². The highest BCUT2D eigenvalue weighted by molar-refractivity contribution is 6.00. The zero-order valence-electron chi connectivity index (χ0n) is 18.2. The Bertz CT molecular complexity index is 1050. The Kier molecular flexibility index (Phi) is 6.95. The lowest BCUT2D eigenvalue weighted by atomic mass is 9.98. The van der Waals surface area contributed by atoms with Crippen molar-refractivity contribution in [3.63, 3.8) is 0 Å². The summed E-state index contributed by atoms with van der Waals surface area (Å²) in [6, 6.07) is 12.2. The number of carbonyl (C=O) groups excluding carboxylic acids is 1. The number of rotatable bonds is 8. The average molecular weight is 408 g/mol. The van der Waals surface area contributed by atoms with E-state index in [2.05, 4.69) is 36.5 Å². The molecule has 0 aliphatic rings. The third-order valence-electron chi connectivity index (χ3n) is 4.92. The highest BCUT2D eigenvalue weighted by Crippen LogP contribution is 2.37. The Morgan fingerprint density at radius 2 is 1.97 bits per heavy atom. The third-order valence-corrected chi connectivity index (χ3v) is 4.92. The molecule has 3 rings (SSSR count). The quantitative estimate of drug-likeness (QED) is 0.511. The van der Waals surface area contributed by atoms with Crippen molar-refractivity contribution in [2.45, 2.75) is 33.7 Å². The Morgan fingerprint density at radius 3 is 2.63 bits per heavy atom. The normalized spacial score (nSPS) is 12.8. The lowest BCUT2D eigenvalue weighted by Gasteiger charge is -2.13. The molecule has 0 aliphatic carbocycles. The molecule has 1 unspecified atom stereocenters. The molecular weight excluding hydrogens is 378 g/mol. The van der Waals surface area contributed by atoms with E-state index in [0.717, 1.165) is 33.2 Å². The van der Waals surface area contributed by atoms with Gasteiger partial charge in [0.1, 0.15) is 11.3 Å². The second-order valence-electron chi connectivity index (χ2n) is 7.49. The fraction of sp³-hybridized carbons (Fsp3) is 0.320.